The fraction of sp³-hybridized carbons (Fsp3) is 0.322. The van der Waals surface area contributed by atoms with Crippen LogP contribution in [0.1, 0.15) is 197 Å². The number of aldehydes is 1. The molecule has 8 rings (SSSR count). The number of hydrogen-bond donors (Lipinski definition) is 1. The lowest BCUT2D eigenvalue weighted by molar-refractivity contribution is -0.156. The SMILES string of the molecule is C.C.CC(C)(C)OC(=O)CCCCCCCCCOc1cc(/C=C/c2ccc(N(c3ccccc3)c3ccccc3)cc2)ccc1/C=C(/C#N)C(=O)O.CC(C)(C)OC(=O)CCCCCCCCCOc1cc(/C=C/c2ccc(N(c3ccccc3)c3ccccc3)cc2)ccc1C=O. The molecule has 0 unspecified atom stereocenters. The number of benzene rings is 8. The molecule has 0 fully saturated rings. The minimum atomic E-state index is -1.28. The number of para-hydroxylation sites is 4. The molecule has 0 aromatic heterocycles. The number of carbonyl (C=O) groups excluding carboxylic acids is 3. The highest BCUT2D eigenvalue weighted by atomic mass is 16.6. The van der Waals surface area contributed by atoms with E-state index in [4.69, 9.17) is 18.9 Å². The molecule has 99 heavy (non-hydrogen) atoms. The zero-order valence-corrected chi connectivity index (χ0v) is 57.4. The van der Waals surface area contributed by atoms with E-state index in [9.17, 15) is 29.5 Å². The van der Waals surface area contributed by atoms with Crippen molar-refractivity contribution in [3.63, 3.8) is 0 Å². The molecule has 0 bridgehead atoms. The van der Waals surface area contributed by atoms with Gasteiger partial charge in [0.2, 0.25) is 0 Å². The van der Waals surface area contributed by atoms with Crippen molar-refractivity contribution in [2.24, 2.45) is 0 Å². The lowest BCUT2D eigenvalue weighted by Gasteiger charge is -2.25. The predicted octanol–water partition coefficient (Wildman–Crippen LogP) is 23.4. The molecule has 0 heterocycles. The third kappa shape index (κ3) is 28.8. The highest BCUT2D eigenvalue weighted by Gasteiger charge is 2.18. The molecule has 12 heteroatoms. The van der Waals surface area contributed by atoms with Crippen LogP contribution in [0.15, 0.2) is 212 Å². The van der Waals surface area contributed by atoms with Crippen LogP contribution in [0.25, 0.3) is 30.4 Å². The van der Waals surface area contributed by atoms with Gasteiger partial charge in [0.15, 0.2) is 6.29 Å². The molecule has 0 saturated carbocycles. The summed E-state index contributed by atoms with van der Waals surface area (Å²) in [5.41, 5.74) is 10.4. The van der Waals surface area contributed by atoms with Crippen molar-refractivity contribution in [1.29, 1.82) is 5.26 Å². The van der Waals surface area contributed by atoms with Crippen molar-refractivity contribution >= 4 is 88.7 Å². The molecule has 0 radical (unpaired) electrons. The number of anilines is 6. The molecule has 8 aromatic rings. The van der Waals surface area contributed by atoms with Crippen LogP contribution >= 0.6 is 0 Å². The number of hydrogen-bond acceptors (Lipinski definition) is 11. The Morgan fingerprint density at radius 3 is 1.02 bits per heavy atom. The number of carbonyl (C=O) groups is 4. The van der Waals surface area contributed by atoms with E-state index < -0.39 is 17.2 Å². The van der Waals surface area contributed by atoms with Gasteiger partial charge < -0.3 is 33.9 Å². The summed E-state index contributed by atoms with van der Waals surface area (Å²) in [6.07, 6.45) is 25.5. The number of carboxylic acid groups (broad SMARTS) is 1. The van der Waals surface area contributed by atoms with E-state index in [1.165, 1.54) is 6.08 Å². The summed E-state index contributed by atoms with van der Waals surface area (Å²) in [5.74, 6) is -0.369. The van der Waals surface area contributed by atoms with Gasteiger partial charge in [0.25, 0.3) is 0 Å². The van der Waals surface area contributed by atoms with Crippen molar-refractivity contribution in [2.75, 3.05) is 23.0 Å². The first-order valence-corrected chi connectivity index (χ1v) is 34.1. The number of esters is 2. The molecule has 0 spiro atoms. The van der Waals surface area contributed by atoms with E-state index in [-0.39, 0.29) is 32.4 Å². The van der Waals surface area contributed by atoms with E-state index >= 15 is 0 Å². The average Bonchev–Trinajstić information content (AvgIpc) is 0.832. The first kappa shape index (κ1) is 79.4. The first-order chi connectivity index (χ1) is 46.9. The van der Waals surface area contributed by atoms with Crippen molar-refractivity contribution in [3.05, 3.63) is 245 Å². The van der Waals surface area contributed by atoms with Gasteiger partial charge in [0.1, 0.15) is 34.3 Å². The van der Waals surface area contributed by atoms with E-state index in [0.29, 0.717) is 48.7 Å². The topological polar surface area (TPSA) is 156 Å². The third-order valence-electron chi connectivity index (χ3n) is 15.6. The molecule has 8 aromatic carbocycles. The molecule has 0 atom stereocenters. The Labute approximate surface area is 590 Å². The lowest BCUT2D eigenvalue weighted by atomic mass is 10.1. The monoisotopic (exact) mass is 1330 g/mol. The maximum atomic E-state index is 11.9. The minimum Gasteiger partial charge on any atom is -0.493 e. The number of aliphatic carboxylic acids is 1. The normalized spacial score (nSPS) is 11.3. The maximum absolute atomic E-state index is 11.9. The zero-order valence-electron chi connectivity index (χ0n) is 57.4. The molecule has 0 saturated heterocycles. The minimum absolute atomic E-state index is 0. The fourth-order valence-corrected chi connectivity index (χ4v) is 10.8. The van der Waals surface area contributed by atoms with E-state index in [1.807, 2.05) is 139 Å². The van der Waals surface area contributed by atoms with E-state index in [2.05, 4.69) is 137 Å². The number of ether oxygens (including phenoxy) is 4. The number of unbranched alkanes of at least 4 members (excludes halogenated alkanes) is 12. The molecule has 12 nitrogen and oxygen atoms in total. The maximum Gasteiger partial charge on any atom is 0.346 e. The Bertz CT molecular complexity index is 3750. The van der Waals surface area contributed by atoms with Crippen molar-refractivity contribution < 1.29 is 43.2 Å². The molecular formula is C87H103N3O9. The summed E-state index contributed by atoms with van der Waals surface area (Å²) in [6.45, 7) is 12.4. The highest BCUT2D eigenvalue weighted by Crippen LogP contribution is 2.37. The van der Waals surface area contributed by atoms with Gasteiger partial charge in [-0.1, -0.05) is 219 Å². The van der Waals surface area contributed by atoms with Gasteiger partial charge in [0, 0.05) is 52.5 Å². The van der Waals surface area contributed by atoms with Crippen LogP contribution < -0.4 is 19.3 Å². The molecular weight excluding hydrogens is 1230 g/mol. The van der Waals surface area contributed by atoms with Crippen LogP contribution in [-0.4, -0.2) is 53.7 Å². The predicted molar refractivity (Wildman–Crippen MR) is 410 cm³/mol. The van der Waals surface area contributed by atoms with Crippen LogP contribution in [0.5, 0.6) is 11.5 Å². The van der Waals surface area contributed by atoms with Gasteiger partial charge in [-0.2, -0.15) is 5.26 Å². The summed E-state index contributed by atoms with van der Waals surface area (Å²) in [7, 11) is 0. The lowest BCUT2D eigenvalue weighted by Crippen LogP contribution is -2.23. The molecule has 1 N–H and O–H groups in total. The van der Waals surface area contributed by atoms with Gasteiger partial charge in [-0.25, -0.2) is 4.79 Å². The number of rotatable bonds is 35. The van der Waals surface area contributed by atoms with Crippen molar-refractivity contribution in [3.8, 4) is 17.6 Å². The Morgan fingerprint density at radius 2 is 0.697 bits per heavy atom. The van der Waals surface area contributed by atoms with Gasteiger partial charge in [-0.3, -0.25) is 14.4 Å². The van der Waals surface area contributed by atoms with Crippen LogP contribution in [0.2, 0.25) is 0 Å². The fourth-order valence-electron chi connectivity index (χ4n) is 10.8. The Balaban J connectivity index is 0.000000352. The Morgan fingerprint density at radius 1 is 0.404 bits per heavy atom. The summed E-state index contributed by atoms with van der Waals surface area (Å²) < 4.78 is 22.9. The largest absolute Gasteiger partial charge is 0.493 e. The molecule has 0 aliphatic heterocycles. The van der Waals surface area contributed by atoms with Crippen molar-refractivity contribution in [2.45, 2.75) is 170 Å². The third-order valence-corrected chi connectivity index (χ3v) is 15.6. The quantitative estimate of drug-likeness (QED) is 0.0100. The van der Waals surface area contributed by atoms with Crippen LogP contribution in [-0.2, 0) is 23.9 Å². The summed E-state index contributed by atoms with van der Waals surface area (Å²) in [5, 5.41) is 18.8. The second kappa shape index (κ2) is 42.4. The first-order valence-electron chi connectivity index (χ1n) is 34.1. The summed E-state index contributed by atoms with van der Waals surface area (Å²) in [6, 6.07) is 71.1. The summed E-state index contributed by atoms with van der Waals surface area (Å²) >= 11 is 0. The number of nitrogens with zero attached hydrogens (tertiary/aromatic N) is 3. The Hall–Kier alpha value is -10.3. The summed E-state index contributed by atoms with van der Waals surface area (Å²) in [4.78, 5) is 51.3. The highest BCUT2D eigenvalue weighted by molar-refractivity contribution is 5.97. The van der Waals surface area contributed by atoms with Gasteiger partial charge in [-0.05, 0) is 187 Å². The van der Waals surface area contributed by atoms with Crippen LogP contribution in [0.4, 0.5) is 34.1 Å². The second-order valence-corrected chi connectivity index (χ2v) is 25.9. The average molecular weight is 1330 g/mol. The molecule has 0 amide bonds. The molecule has 0 aliphatic carbocycles. The molecule has 0 aliphatic rings. The van der Waals surface area contributed by atoms with Crippen LogP contribution in [0.3, 0.4) is 0 Å². The second-order valence-electron chi connectivity index (χ2n) is 25.9. The van der Waals surface area contributed by atoms with E-state index in [1.54, 1.807) is 12.1 Å². The zero-order chi connectivity index (χ0) is 69.1. The van der Waals surface area contributed by atoms with Crippen LogP contribution in [0, 0.1) is 11.3 Å². The number of carboxylic acids is 1. The van der Waals surface area contributed by atoms with Crippen molar-refractivity contribution in [1.82, 2.24) is 0 Å². The number of nitriles is 1. The van der Waals surface area contributed by atoms with Gasteiger partial charge >= 0.3 is 17.9 Å². The standard InChI is InChI=1S/C44H48N2O5.C41H47NO4.2CH4/c1-44(2,3)51-42(47)21-15-7-5-4-6-8-16-30-50-41-31-35(24-27-36(41)32-37(33-45)43(48)49)23-22-34-25-28-40(29-26-34)46(38-17-11-9-12-18-38)39-19-13-10-14-20-39;1-41(2,3)46-40(44)21-15-7-5-4-6-8-16-30-45-39-31-34(24-27-35(39)32-43)23-22-33-25-28-38(29-26-33)42(36-17-11-9-12-18-36)37-19-13-10-14-20-37;;/h9-14,17-20,22-29,31-32H,4-8,15-16,21,30H2,1-3H3,(H,48,49);9-14,17-20,22-29,31-32H,4-8,15-16,21,30H2,1-3H3;2*1H4/b23-22+,37-32-;23-22+;;. The van der Waals surface area contributed by atoms with E-state index in [0.717, 1.165) is 153 Å². The van der Waals surface area contributed by atoms with Gasteiger partial charge in [0.05, 0.1) is 18.8 Å². The smallest absolute Gasteiger partial charge is 0.346 e. The Kier molecular flexibility index (Phi) is 34.0. The van der Waals surface area contributed by atoms with Gasteiger partial charge in [-0.15, -0.1) is 0 Å². The molecule has 520 valence electrons.